The van der Waals surface area contributed by atoms with Crippen molar-refractivity contribution >= 4 is 11.3 Å². The van der Waals surface area contributed by atoms with E-state index in [0.717, 1.165) is 18.7 Å². The van der Waals surface area contributed by atoms with Crippen LogP contribution in [0.1, 0.15) is 24.1 Å². The molecule has 1 saturated heterocycles. The number of hydrogen-bond donors (Lipinski definition) is 1. The van der Waals surface area contributed by atoms with E-state index < -0.39 is 0 Å². The van der Waals surface area contributed by atoms with Crippen molar-refractivity contribution in [2.45, 2.75) is 25.8 Å². The van der Waals surface area contributed by atoms with E-state index in [0.29, 0.717) is 6.61 Å². The van der Waals surface area contributed by atoms with Crippen LogP contribution in [-0.4, -0.2) is 24.6 Å². The zero-order valence-corrected chi connectivity index (χ0v) is 10.9. The SMILES string of the molecule is N/C=C\CCOc1csc(CN2CCCC2)c1. The lowest BCUT2D eigenvalue weighted by Gasteiger charge is -2.12. The van der Waals surface area contributed by atoms with Crippen molar-refractivity contribution in [2.75, 3.05) is 19.7 Å². The minimum absolute atomic E-state index is 0.702. The first-order chi connectivity index (χ1) is 8.38. The average molecular weight is 252 g/mol. The number of ether oxygens (including phenoxy) is 1. The van der Waals surface area contributed by atoms with Crippen molar-refractivity contribution in [1.29, 1.82) is 0 Å². The van der Waals surface area contributed by atoms with Crippen LogP contribution in [-0.2, 0) is 6.54 Å². The second kappa shape index (κ2) is 6.67. The molecule has 0 amide bonds. The fourth-order valence-corrected chi connectivity index (χ4v) is 2.87. The molecule has 2 heterocycles. The largest absolute Gasteiger partial charge is 0.492 e. The van der Waals surface area contributed by atoms with Crippen LogP contribution in [0.3, 0.4) is 0 Å². The Kier molecular flexibility index (Phi) is 4.88. The third kappa shape index (κ3) is 4.06. The molecule has 1 fully saturated rings. The van der Waals surface area contributed by atoms with E-state index in [2.05, 4.69) is 16.3 Å². The Morgan fingerprint density at radius 1 is 1.41 bits per heavy atom. The van der Waals surface area contributed by atoms with E-state index in [1.165, 1.54) is 30.8 Å². The third-order valence-electron chi connectivity index (χ3n) is 2.90. The Labute approximate surface area is 107 Å². The van der Waals surface area contributed by atoms with Crippen molar-refractivity contribution < 1.29 is 4.74 Å². The molecule has 17 heavy (non-hydrogen) atoms. The molecular formula is C13H20N2OS. The standard InChI is InChI=1S/C13H20N2OS/c14-5-1-4-8-16-12-9-13(17-11-12)10-15-6-2-3-7-15/h1,5,9,11H,2-4,6-8,10,14H2/b5-1-. The van der Waals surface area contributed by atoms with Crippen molar-refractivity contribution in [3.8, 4) is 5.75 Å². The van der Waals surface area contributed by atoms with Gasteiger partial charge in [0.15, 0.2) is 0 Å². The lowest BCUT2D eigenvalue weighted by atomic mass is 10.4. The molecular weight excluding hydrogens is 232 g/mol. The van der Waals surface area contributed by atoms with Gasteiger partial charge >= 0.3 is 0 Å². The topological polar surface area (TPSA) is 38.5 Å². The Morgan fingerprint density at radius 3 is 3.00 bits per heavy atom. The Balaban J connectivity index is 1.74. The van der Waals surface area contributed by atoms with Gasteiger partial charge in [-0.15, -0.1) is 11.3 Å². The molecule has 3 nitrogen and oxygen atoms in total. The maximum absolute atomic E-state index is 5.64. The summed E-state index contributed by atoms with van der Waals surface area (Å²) in [4.78, 5) is 3.91. The van der Waals surface area contributed by atoms with Crippen LogP contribution in [0.15, 0.2) is 23.7 Å². The summed E-state index contributed by atoms with van der Waals surface area (Å²) < 4.78 is 5.64. The highest BCUT2D eigenvalue weighted by Crippen LogP contribution is 2.24. The summed E-state index contributed by atoms with van der Waals surface area (Å²) >= 11 is 1.79. The van der Waals surface area contributed by atoms with E-state index in [1.54, 1.807) is 17.5 Å². The second-order valence-corrected chi connectivity index (χ2v) is 5.29. The fourth-order valence-electron chi connectivity index (χ4n) is 2.02. The monoisotopic (exact) mass is 252 g/mol. The van der Waals surface area contributed by atoms with E-state index in [1.807, 2.05) is 6.08 Å². The predicted octanol–water partition coefficient (Wildman–Crippen LogP) is 2.59. The van der Waals surface area contributed by atoms with Gasteiger partial charge in [-0.2, -0.15) is 0 Å². The van der Waals surface area contributed by atoms with E-state index >= 15 is 0 Å². The molecule has 0 saturated carbocycles. The van der Waals surface area contributed by atoms with Crippen LogP contribution < -0.4 is 10.5 Å². The van der Waals surface area contributed by atoms with E-state index in [4.69, 9.17) is 10.5 Å². The van der Waals surface area contributed by atoms with Gasteiger partial charge in [0, 0.05) is 23.2 Å². The molecule has 0 spiro atoms. The quantitative estimate of drug-likeness (QED) is 0.791. The van der Waals surface area contributed by atoms with Gasteiger partial charge in [-0.25, -0.2) is 0 Å². The summed E-state index contributed by atoms with van der Waals surface area (Å²) in [6.07, 6.45) is 7.04. The molecule has 1 aromatic rings. The molecule has 1 aromatic heterocycles. The lowest BCUT2D eigenvalue weighted by Crippen LogP contribution is -2.17. The highest BCUT2D eigenvalue weighted by molar-refractivity contribution is 7.10. The molecule has 0 aromatic carbocycles. The highest BCUT2D eigenvalue weighted by atomic mass is 32.1. The number of likely N-dealkylation sites (tertiary alicyclic amines) is 1. The van der Waals surface area contributed by atoms with Crippen LogP contribution in [0.4, 0.5) is 0 Å². The van der Waals surface area contributed by atoms with Crippen molar-refractivity contribution in [3.05, 3.63) is 28.6 Å². The van der Waals surface area contributed by atoms with Crippen molar-refractivity contribution in [2.24, 2.45) is 5.73 Å². The molecule has 94 valence electrons. The minimum atomic E-state index is 0.702. The number of thiophene rings is 1. The molecule has 0 aliphatic carbocycles. The zero-order chi connectivity index (χ0) is 11.9. The highest BCUT2D eigenvalue weighted by Gasteiger charge is 2.12. The number of nitrogens with two attached hydrogens (primary N) is 1. The van der Waals surface area contributed by atoms with Gasteiger partial charge in [0.05, 0.1) is 6.61 Å². The molecule has 1 aliphatic heterocycles. The summed E-state index contributed by atoms with van der Waals surface area (Å²) in [7, 11) is 0. The second-order valence-electron chi connectivity index (χ2n) is 4.30. The summed E-state index contributed by atoms with van der Waals surface area (Å²) in [6.45, 7) is 4.27. The van der Waals surface area contributed by atoms with Crippen LogP contribution >= 0.6 is 11.3 Å². The summed E-state index contributed by atoms with van der Waals surface area (Å²) in [5.74, 6) is 0.995. The first-order valence-corrected chi connectivity index (χ1v) is 7.06. The third-order valence-corrected chi connectivity index (χ3v) is 3.80. The summed E-state index contributed by atoms with van der Waals surface area (Å²) in [5.41, 5.74) is 5.26. The molecule has 2 rings (SSSR count). The molecule has 1 aliphatic rings. The lowest BCUT2D eigenvalue weighted by molar-refractivity contribution is 0.322. The average Bonchev–Trinajstić information content (AvgIpc) is 2.97. The first-order valence-electron chi connectivity index (χ1n) is 6.18. The van der Waals surface area contributed by atoms with Gasteiger partial charge < -0.3 is 10.5 Å². The Morgan fingerprint density at radius 2 is 2.24 bits per heavy atom. The Hall–Kier alpha value is -1.00. The molecule has 0 bridgehead atoms. The van der Waals surface area contributed by atoms with Gasteiger partial charge in [0.2, 0.25) is 0 Å². The number of hydrogen-bond acceptors (Lipinski definition) is 4. The molecule has 4 heteroatoms. The maximum atomic E-state index is 5.64. The minimum Gasteiger partial charge on any atom is -0.492 e. The number of nitrogens with zero attached hydrogens (tertiary/aromatic N) is 1. The molecule has 0 radical (unpaired) electrons. The van der Waals surface area contributed by atoms with Crippen molar-refractivity contribution in [3.63, 3.8) is 0 Å². The zero-order valence-electron chi connectivity index (χ0n) is 10.1. The summed E-state index contributed by atoms with van der Waals surface area (Å²) in [5, 5.41) is 2.09. The van der Waals surface area contributed by atoms with Crippen LogP contribution in [0.2, 0.25) is 0 Å². The van der Waals surface area contributed by atoms with Gasteiger partial charge in [0.1, 0.15) is 5.75 Å². The van der Waals surface area contributed by atoms with Gasteiger partial charge in [-0.3, -0.25) is 4.90 Å². The van der Waals surface area contributed by atoms with Gasteiger partial charge in [-0.05, 0) is 38.2 Å². The van der Waals surface area contributed by atoms with Crippen LogP contribution in [0.25, 0.3) is 0 Å². The fraction of sp³-hybridized carbons (Fsp3) is 0.538. The van der Waals surface area contributed by atoms with Gasteiger partial charge in [0.25, 0.3) is 0 Å². The van der Waals surface area contributed by atoms with Crippen LogP contribution in [0, 0.1) is 0 Å². The van der Waals surface area contributed by atoms with Crippen molar-refractivity contribution in [1.82, 2.24) is 4.90 Å². The summed E-state index contributed by atoms with van der Waals surface area (Å²) in [6, 6.07) is 2.16. The first kappa shape index (κ1) is 12.5. The molecule has 0 unspecified atom stereocenters. The Bertz CT molecular complexity index is 356. The van der Waals surface area contributed by atoms with Gasteiger partial charge in [-0.1, -0.05) is 6.08 Å². The van der Waals surface area contributed by atoms with E-state index in [-0.39, 0.29) is 0 Å². The smallest absolute Gasteiger partial charge is 0.130 e. The maximum Gasteiger partial charge on any atom is 0.130 e. The molecule has 0 atom stereocenters. The molecule has 2 N–H and O–H groups in total. The predicted molar refractivity (Wildman–Crippen MR) is 72.3 cm³/mol. The number of rotatable bonds is 6. The normalized spacial score (nSPS) is 16.9. The van der Waals surface area contributed by atoms with E-state index in [9.17, 15) is 0 Å². The van der Waals surface area contributed by atoms with Crippen LogP contribution in [0.5, 0.6) is 5.75 Å².